The van der Waals surface area contributed by atoms with Gasteiger partial charge in [-0.25, -0.2) is 10.6 Å². The van der Waals surface area contributed by atoms with Crippen LogP contribution < -0.4 is 5.90 Å². The second-order valence-corrected chi connectivity index (χ2v) is 7.38. The molecule has 8 heteroatoms. The highest BCUT2D eigenvalue weighted by atomic mass is 16.6. The zero-order chi connectivity index (χ0) is 20.8. The molecule has 1 aliphatic heterocycles. The number of nitrogens with two attached hydrogens (primary N) is 1. The summed E-state index contributed by atoms with van der Waals surface area (Å²) in [4.78, 5) is 5.28. The molecule has 2 N–H and O–H groups in total. The van der Waals surface area contributed by atoms with Crippen LogP contribution in [0, 0.1) is 25.2 Å². The van der Waals surface area contributed by atoms with Crippen LogP contribution in [0.1, 0.15) is 34.1 Å². The first-order valence-corrected chi connectivity index (χ1v) is 9.57. The van der Waals surface area contributed by atoms with Gasteiger partial charge in [-0.2, -0.15) is 15.0 Å². The first-order valence-electron chi connectivity index (χ1n) is 9.57. The fourth-order valence-electron chi connectivity index (χ4n) is 4.04. The number of hydrogen-bond donors (Lipinski definition) is 1. The lowest BCUT2D eigenvalue weighted by molar-refractivity contribution is 0.0991. The number of benzene rings is 2. The van der Waals surface area contributed by atoms with Crippen molar-refractivity contribution < 1.29 is 4.84 Å². The number of aromatic nitrogens is 4. The van der Waals surface area contributed by atoms with Crippen LogP contribution >= 0.6 is 0 Å². The topological polar surface area (TPSA) is 107 Å². The van der Waals surface area contributed by atoms with Crippen molar-refractivity contribution in [2.75, 3.05) is 0 Å². The SMILES string of the molecule is Cc1ccc2c(c1)nnn2-c1c(C)c(C#N)c2n1N=C(C(ON)c1ccccc1)C2. The average molecular weight is 397 g/mol. The normalized spacial score (nSPS) is 13.9. The Bertz CT molecular complexity index is 1340. The predicted molar refractivity (Wildman–Crippen MR) is 112 cm³/mol. The van der Waals surface area contributed by atoms with Crippen LogP contribution in [0.15, 0.2) is 53.6 Å². The fraction of sp³-hybridized carbons (Fsp3) is 0.182. The molecule has 0 saturated carbocycles. The van der Waals surface area contributed by atoms with Gasteiger partial charge in [0.25, 0.3) is 0 Å². The van der Waals surface area contributed by atoms with Crippen molar-refractivity contribution in [1.82, 2.24) is 19.7 Å². The molecule has 0 amide bonds. The average Bonchev–Trinajstić information content (AvgIpc) is 3.41. The summed E-state index contributed by atoms with van der Waals surface area (Å²) < 4.78 is 3.51. The first-order chi connectivity index (χ1) is 14.6. The Hall–Kier alpha value is -3.80. The van der Waals surface area contributed by atoms with Gasteiger partial charge in [-0.3, -0.25) is 4.84 Å². The van der Waals surface area contributed by atoms with Gasteiger partial charge in [0.05, 0.1) is 22.5 Å². The first kappa shape index (κ1) is 18.2. The van der Waals surface area contributed by atoms with Crippen LogP contribution in [0.25, 0.3) is 16.9 Å². The fourth-order valence-corrected chi connectivity index (χ4v) is 4.04. The van der Waals surface area contributed by atoms with Gasteiger partial charge in [0, 0.05) is 12.0 Å². The van der Waals surface area contributed by atoms with E-state index < -0.39 is 6.10 Å². The summed E-state index contributed by atoms with van der Waals surface area (Å²) in [6.07, 6.45) is -0.0346. The van der Waals surface area contributed by atoms with Crippen molar-refractivity contribution in [2.45, 2.75) is 26.4 Å². The highest BCUT2D eigenvalue weighted by Gasteiger charge is 2.32. The van der Waals surface area contributed by atoms with E-state index in [2.05, 4.69) is 16.4 Å². The summed E-state index contributed by atoms with van der Waals surface area (Å²) >= 11 is 0. The Morgan fingerprint density at radius 1 is 1.17 bits per heavy atom. The molecule has 8 nitrogen and oxygen atoms in total. The molecule has 0 bridgehead atoms. The maximum Gasteiger partial charge on any atom is 0.161 e. The minimum atomic E-state index is -0.499. The number of nitrogens with zero attached hydrogens (tertiary/aromatic N) is 6. The quantitative estimate of drug-likeness (QED) is 0.533. The third kappa shape index (κ3) is 2.64. The van der Waals surface area contributed by atoms with Crippen LogP contribution in [0.5, 0.6) is 0 Å². The molecule has 3 heterocycles. The molecular formula is C22H19N7O. The van der Waals surface area contributed by atoms with Gasteiger partial charge in [-0.15, -0.1) is 5.10 Å². The maximum atomic E-state index is 9.83. The van der Waals surface area contributed by atoms with E-state index in [-0.39, 0.29) is 0 Å². The summed E-state index contributed by atoms with van der Waals surface area (Å²) in [5.41, 5.74) is 6.59. The predicted octanol–water partition coefficient (Wildman–Crippen LogP) is 3.10. The van der Waals surface area contributed by atoms with E-state index in [1.54, 1.807) is 9.36 Å². The van der Waals surface area contributed by atoms with E-state index in [1.807, 2.05) is 62.4 Å². The molecule has 1 aliphatic rings. The molecule has 0 saturated heterocycles. The lowest BCUT2D eigenvalue weighted by Gasteiger charge is -2.14. The van der Waals surface area contributed by atoms with Gasteiger partial charge >= 0.3 is 0 Å². The minimum absolute atomic E-state index is 0.465. The monoisotopic (exact) mass is 397 g/mol. The van der Waals surface area contributed by atoms with E-state index in [1.165, 1.54) is 0 Å². The van der Waals surface area contributed by atoms with Gasteiger partial charge < -0.3 is 0 Å². The number of aryl methyl sites for hydroxylation is 1. The Kier molecular flexibility index (Phi) is 4.20. The molecule has 0 radical (unpaired) electrons. The molecule has 1 unspecified atom stereocenters. The second-order valence-electron chi connectivity index (χ2n) is 7.38. The molecule has 5 rings (SSSR count). The Balaban J connectivity index is 1.68. The van der Waals surface area contributed by atoms with Gasteiger partial charge in [0.1, 0.15) is 17.7 Å². The van der Waals surface area contributed by atoms with Gasteiger partial charge in [0.2, 0.25) is 0 Å². The Morgan fingerprint density at radius 2 is 1.97 bits per heavy atom. The van der Waals surface area contributed by atoms with E-state index in [4.69, 9.17) is 15.8 Å². The largest absolute Gasteiger partial charge is 0.290 e. The zero-order valence-electron chi connectivity index (χ0n) is 16.6. The van der Waals surface area contributed by atoms with E-state index in [0.29, 0.717) is 17.8 Å². The number of nitriles is 1. The maximum absolute atomic E-state index is 9.83. The molecule has 30 heavy (non-hydrogen) atoms. The van der Waals surface area contributed by atoms with Gasteiger partial charge in [-0.1, -0.05) is 41.6 Å². The highest BCUT2D eigenvalue weighted by molar-refractivity contribution is 5.94. The van der Waals surface area contributed by atoms with Crippen molar-refractivity contribution in [1.29, 1.82) is 5.26 Å². The van der Waals surface area contributed by atoms with Crippen LogP contribution in [0.3, 0.4) is 0 Å². The molecule has 2 aromatic heterocycles. The van der Waals surface area contributed by atoms with Crippen LogP contribution in [-0.4, -0.2) is 25.4 Å². The number of fused-ring (bicyclic) bond motifs is 2. The van der Waals surface area contributed by atoms with Crippen LogP contribution in [-0.2, 0) is 11.3 Å². The molecule has 2 aromatic carbocycles. The lowest BCUT2D eigenvalue weighted by Crippen LogP contribution is -2.19. The van der Waals surface area contributed by atoms with Crippen LogP contribution in [0.2, 0.25) is 0 Å². The van der Waals surface area contributed by atoms with Crippen molar-refractivity contribution in [3.05, 3.63) is 76.5 Å². The molecule has 148 valence electrons. The van der Waals surface area contributed by atoms with Crippen molar-refractivity contribution in [2.24, 2.45) is 11.0 Å². The summed E-state index contributed by atoms with van der Waals surface area (Å²) in [5, 5.41) is 23.3. The van der Waals surface area contributed by atoms with Crippen LogP contribution in [0.4, 0.5) is 0 Å². The molecule has 1 atom stereocenters. The van der Waals surface area contributed by atoms with Gasteiger partial charge in [0.15, 0.2) is 5.82 Å². The summed E-state index contributed by atoms with van der Waals surface area (Å²) in [6, 6.07) is 18.0. The molecule has 0 aliphatic carbocycles. The van der Waals surface area contributed by atoms with Crippen molar-refractivity contribution >= 4 is 16.7 Å². The summed E-state index contributed by atoms with van der Waals surface area (Å²) in [6.45, 7) is 3.92. The molecule has 4 aromatic rings. The molecular weight excluding hydrogens is 378 g/mol. The van der Waals surface area contributed by atoms with E-state index in [0.717, 1.165) is 39.1 Å². The number of rotatable bonds is 4. The zero-order valence-corrected chi connectivity index (χ0v) is 16.6. The third-order valence-corrected chi connectivity index (χ3v) is 5.49. The van der Waals surface area contributed by atoms with Crippen molar-refractivity contribution in [3.8, 4) is 11.9 Å². The minimum Gasteiger partial charge on any atom is -0.290 e. The standard InChI is InChI=1S/C22H19N7O/c1-13-8-9-19-17(10-13)25-27-29(19)22-14(2)16(12-23)20-11-18(26-28(20)22)21(30-24)15-6-4-3-5-7-15/h3-10,21H,11,24H2,1-2H3. The Labute approximate surface area is 172 Å². The molecule has 0 spiro atoms. The highest BCUT2D eigenvalue weighted by Crippen LogP contribution is 2.33. The van der Waals surface area contributed by atoms with Gasteiger partial charge in [-0.05, 0) is 37.1 Å². The smallest absolute Gasteiger partial charge is 0.161 e. The third-order valence-electron chi connectivity index (χ3n) is 5.49. The summed E-state index contributed by atoms with van der Waals surface area (Å²) in [5.74, 6) is 6.33. The number of hydrogen-bond acceptors (Lipinski definition) is 6. The Morgan fingerprint density at radius 3 is 2.70 bits per heavy atom. The van der Waals surface area contributed by atoms with Crippen molar-refractivity contribution in [3.63, 3.8) is 0 Å². The van der Waals surface area contributed by atoms with E-state index >= 15 is 0 Å². The second kappa shape index (κ2) is 6.91. The lowest BCUT2D eigenvalue weighted by atomic mass is 10.0. The molecule has 0 fully saturated rings. The van der Waals surface area contributed by atoms with E-state index in [9.17, 15) is 5.26 Å². The summed E-state index contributed by atoms with van der Waals surface area (Å²) in [7, 11) is 0.